The van der Waals surface area contributed by atoms with Gasteiger partial charge in [0.05, 0.1) is 11.4 Å². The number of hydrogen-bond acceptors (Lipinski definition) is 3. The normalized spacial score (nSPS) is 20.8. The van der Waals surface area contributed by atoms with Crippen LogP contribution in [0.3, 0.4) is 0 Å². The van der Waals surface area contributed by atoms with Gasteiger partial charge in [-0.15, -0.1) is 0 Å². The Morgan fingerprint density at radius 1 is 1.53 bits per heavy atom. The number of likely N-dealkylation sites (tertiary alicyclic amines) is 1. The maximum absolute atomic E-state index is 13.0. The van der Waals surface area contributed by atoms with Gasteiger partial charge in [-0.05, 0) is 44.1 Å². The molecule has 1 aromatic carbocycles. The van der Waals surface area contributed by atoms with Crippen LogP contribution < -0.4 is 10.6 Å². The zero-order valence-corrected chi connectivity index (χ0v) is 10.5. The predicted molar refractivity (Wildman–Crippen MR) is 69.7 cm³/mol. The van der Waals surface area contributed by atoms with Crippen LogP contribution in [0.1, 0.15) is 6.42 Å². The molecule has 2 rings (SSSR count). The molecule has 1 saturated heterocycles. The van der Waals surface area contributed by atoms with E-state index in [-0.39, 0.29) is 5.82 Å². The maximum Gasteiger partial charge on any atom is 0.125 e. The van der Waals surface area contributed by atoms with Gasteiger partial charge in [0.2, 0.25) is 0 Å². The van der Waals surface area contributed by atoms with Crippen molar-refractivity contribution in [3.8, 4) is 0 Å². The van der Waals surface area contributed by atoms with Crippen LogP contribution in [0.2, 0.25) is 0 Å². The molecule has 1 aliphatic rings. The Labute approximate surface area is 102 Å². The van der Waals surface area contributed by atoms with E-state index in [1.54, 1.807) is 6.07 Å². The van der Waals surface area contributed by atoms with Crippen molar-refractivity contribution in [1.82, 2.24) is 4.90 Å². The smallest absolute Gasteiger partial charge is 0.125 e. The van der Waals surface area contributed by atoms with Crippen molar-refractivity contribution in [1.29, 1.82) is 0 Å². The summed E-state index contributed by atoms with van der Waals surface area (Å²) in [5.74, 6) is 0.398. The van der Waals surface area contributed by atoms with Gasteiger partial charge in [-0.2, -0.15) is 0 Å². The minimum absolute atomic E-state index is 0.278. The van der Waals surface area contributed by atoms with E-state index in [1.165, 1.54) is 18.6 Å². The average molecular weight is 237 g/mol. The van der Waals surface area contributed by atoms with Crippen molar-refractivity contribution in [2.24, 2.45) is 5.92 Å². The third kappa shape index (κ3) is 2.88. The van der Waals surface area contributed by atoms with Gasteiger partial charge in [-0.25, -0.2) is 4.39 Å². The van der Waals surface area contributed by atoms with Crippen molar-refractivity contribution < 1.29 is 4.39 Å². The molecule has 0 spiro atoms. The van der Waals surface area contributed by atoms with Crippen LogP contribution in [-0.4, -0.2) is 38.6 Å². The molecule has 1 atom stereocenters. The second-order valence-electron chi connectivity index (χ2n) is 5.00. The number of hydrogen-bond donors (Lipinski definition) is 1. The van der Waals surface area contributed by atoms with Crippen molar-refractivity contribution in [3.05, 3.63) is 24.0 Å². The Balaban J connectivity index is 2.01. The molecule has 1 heterocycles. The second-order valence-corrected chi connectivity index (χ2v) is 5.00. The van der Waals surface area contributed by atoms with Crippen molar-refractivity contribution >= 4 is 11.4 Å². The topological polar surface area (TPSA) is 32.5 Å². The number of nitrogens with two attached hydrogens (primary N) is 1. The lowest BCUT2D eigenvalue weighted by atomic mass is 10.1. The molecular formula is C13H20FN3. The van der Waals surface area contributed by atoms with Crippen LogP contribution in [-0.2, 0) is 0 Å². The van der Waals surface area contributed by atoms with E-state index in [0.29, 0.717) is 11.6 Å². The van der Waals surface area contributed by atoms with Crippen molar-refractivity contribution in [2.75, 3.05) is 44.4 Å². The number of benzene rings is 1. The van der Waals surface area contributed by atoms with E-state index >= 15 is 0 Å². The Morgan fingerprint density at radius 3 is 2.88 bits per heavy atom. The molecule has 1 aromatic rings. The second kappa shape index (κ2) is 4.92. The highest BCUT2D eigenvalue weighted by atomic mass is 19.1. The Bertz CT molecular complexity index is 394. The number of nitrogens with zero attached hydrogens (tertiary/aromatic N) is 2. The summed E-state index contributed by atoms with van der Waals surface area (Å²) in [6.45, 7) is 3.27. The third-order valence-electron chi connectivity index (χ3n) is 3.42. The Morgan fingerprint density at radius 2 is 2.29 bits per heavy atom. The van der Waals surface area contributed by atoms with Gasteiger partial charge in [0.15, 0.2) is 0 Å². The van der Waals surface area contributed by atoms with E-state index in [0.717, 1.165) is 25.3 Å². The molecule has 1 aliphatic heterocycles. The fraction of sp³-hybridized carbons (Fsp3) is 0.538. The van der Waals surface area contributed by atoms with Gasteiger partial charge in [0, 0.05) is 20.1 Å². The first-order valence-electron chi connectivity index (χ1n) is 6.01. The molecule has 0 aromatic heterocycles. The molecular weight excluding hydrogens is 217 g/mol. The number of anilines is 2. The minimum atomic E-state index is -0.278. The summed E-state index contributed by atoms with van der Waals surface area (Å²) < 4.78 is 13.0. The minimum Gasteiger partial charge on any atom is -0.397 e. The summed E-state index contributed by atoms with van der Waals surface area (Å²) in [5.41, 5.74) is 7.26. The van der Waals surface area contributed by atoms with Gasteiger partial charge >= 0.3 is 0 Å². The first-order chi connectivity index (χ1) is 8.06. The quantitative estimate of drug-likeness (QED) is 0.814. The highest BCUT2D eigenvalue weighted by Crippen LogP contribution is 2.25. The predicted octanol–water partition coefficient (Wildman–Crippen LogP) is 1.80. The highest BCUT2D eigenvalue weighted by molar-refractivity contribution is 5.67. The summed E-state index contributed by atoms with van der Waals surface area (Å²) in [6, 6.07) is 4.60. The van der Waals surface area contributed by atoms with Crippen LogP contribution in [0.5, 0.6) is 0 Å². The Kier molecular flexibility index (Phi) is 3.52. The standard InChI is InChI=1S/C13H20FN3/c1-16-6-5-10(8-16)9-17(2)13-4-3-11(14)7-12(13)15/h3-4,7,10H,5-6,8-9,15H2,1-2H3. The lowest BCUT2D eigenvalue weighted by Gasteiger charge is -2.24. The van der Waals surface area contributed by atoms with E-state index in [1.807, 2.05) is 7.05 Å². The maximum atomic E-state index is 13.0. The molecule has 4 heteroatoms. The van der Waals surface area contributed by atoms with E-state index in [9.17, 15) is 4.39 Å². The van der Waals surface area contributed by atoms with Gasteiger partial charge in [-0.1, -0.05) is 0 Å². The van der Waals surface area contributed by atoms with Gasteiger partial charge in [0.25, 0.3) is 0 Å². The molecule has 17 heavy (non-hydrogen) atoms. The molecule has 0 aliphatic carbocycles. The lowest BCUT2D eigenvalue weighted by molar-refractivity contribution is 0.396. The van der Waals surface area contributed by atoms with Gasteiger partial charge in [-0.3, -0.25) is 0 Å². The van der Waals surface area contributed by atoms with E-state index < -0.39 is 0 Å². The van der Waals surface area contributed by atoms with Crippen molar-refractivity contribution in [3.63, 3.8) is 0 Å². The van der Waals surface area contributed by atoms with E-state index in [2.05, 4.69) is 16.8 Å². The molecule has 0 radical (unpaired) electrons. The molecule has 0 saturated carbocycles. The van der Waals surface area contributed by atoms with Crippen LogP contribution >= 0.6 is 0 Å². The fourth-order valence-corrected chi connectivity index (χ4v) is 2.53. The van der Waals surface area contributed by atoms with Crippen LogP contribution in [0.25, 0.3) is 0 Å². The average Bonchev–Trinajstić information content (AvgIpc) is 2.63. The number of halogens is 1. The largest absolute Gasteiger partial charge is 0.397 e. The van der Waals surface area contributed by atoms with Crippen LogP contribution in [0.15, 0.2) is 18.2 Å². The summed E-state index contributed by atoms with van der Waals surface area (Å²) in [4.78, 5) is 4.46. The summed E-state index contributed by atoms with van der Waals surface area (Å²) >= 11 is 0. The van der Waals surface area contributed by atoms with Crippen LogP contribution in [0.4, 0.5) is 15.8 Å². The van der Waals surface area contributed by atoms with Gasteiger partial charge < -0.3 is 15.5 Å². The summed E-state index contributed by atoms with van der Waals surface area (Å²) in [6.07, 6.45) is 1.22. The molecule has 3 nitrogen and oxygen atoms in total. The fourth-order valence-electron chi connectivity index (χ4n) is 2.53. The molecule has 1 fully saturated rings. The monoisotopic (exact) mass is 237 g/mol. The zero-order chi connectivity index (χ0) is 12.4. The number of nitrogen functional groups attached to an aromatic ring is 1. The first-order valence-corrected chi connectivity index (χ1v) is 6.01. The zero-order valence-electron chi connectivity index (χ0n) is 10.5. The Hall–Kier alpha value is -1.29. The summed E-state index contributed by atoms with van der Waals surface area (Å²) in [5, 5.41) is 0. The molecule has 0 amide bonds. The molecule has 0 bridgehead atoms. The highest BCUT2D eigenvalue weighted by Gasteiger charge is 2.21. The molecule has 94 valence electrons. The van der Waals surface area contributed by atoms with Crippen molar-refractivity contribution in [2.45, 2.75) is 6.42 Å². The lowest BCUT2D eigenvalue weighted by Crippen LogP contribution is -2.27. The van der Waals surface area contributed by atoms with Crippen LogP contribution in [0, 0.1) is 11.7 Å². The SMILES string of the molecule is CN1CCC(CN(C)c2ccc(F)cc2N)C1. The summed E-state index contributed by atoms with van der Waals surface area (Å²) in [7, 11) is 4.16. The molecule has 1 unspecified atom stereocenters. The third-order valence-corrected chi connectivity index (χ3v) is 3.42. The first kappa shape index (κ1) is 12.2. The van der Waals surface area contributed by atoms with Gasteiger partial charge in [0.1, 0.15) is 5.82 Å². The van der Waals surface area contributed by atoms with E-state index in [4.69, 9.17) is 5.73 Å². The number of rotatable bonds is 3. The molecule has 2 N–H and O–H groups in total.